The molecule has 0 radical (unpaired) electrons. The molecule has 0 spiro atoms. The minimum Gasteiger partial charge on any atom is -0.512 e. The molecule has 0 amide bonds. The predicted octanol–water partition coefficient (Wildman–Crippen LogP) is 8.30. The number of phenols is 3. The number of allylic oxidation sites excluding steroid dienone is 1. The van der Waals surface area contributed by atoms with Crippen molar-refractivity contribution in [1.82, 2.24) is 4.57 Å². The zero-order valence-electron chi connectivity index (χ0n) is 21.3. The molecule has 0 saturated carbocycles. The van der Waals surface area contributed by atoms with E-state index in [2.05, 4.69) is 15.9 Å². The molecule has 6 aromatic rings. The van der Waals surface area contributed by atoms with Crippen LogP contribution in [0.25, 0.3) is 61.2 Å². The summed E-state index contributed by atoms with van der Waals surface area (Å²) in [5.41, 5.74) is 0.881. The molecular weight excluding hydrogens is 594 g/mol. The maximum Gasteiger partial charge on any atom is 0.183 e. The summed E-state index contributed by atoms with van der Waals surface area (Å²) in [4.78, 5) is 0. The minimum atomic E-state index is -0.746. The Labute approximate surface area is 240 Å². The van der Waals surface area contributed by atoms with Crippen molar-refractivity contribution in [2.24, 2.45) is 0 Å². The molecule has 0 bridgehead atoms. The lowest BCUT2D eigenvalue weighted by atomic mass is 9.96. The number of halogens is 1. The number of aliphatic hydroxyl groups is 4. The summed E-state index contributed by atoms with van der Waals surface area (Å²) >= 11 is 3.54. The fourth-order valence-corrected chi connectivity index (χ4v) is 5.82. The molecule has 7 N–H and O–H groups in total. The number of nitrogens with zero attached hydrogens (tertiary/aromatic N) is 1. The van der Waals surface area contributed by atoms with Crippen molar-refractivity contribution in [2.45, 2.75) is 6.92 Å². The lowest BCUT2D eigenvalue weighted by Crippen LogP contribution is -2.02. The number of para-hydroxylation sites is 1. The molecule has 0 aliphatic rings. The molecule has 2 aromatic heterocycles. The number of benzene rings is 4. The maximum absolute atomic E-state index is 11.8. The summed E-state index contributed by atoms with van der Waals surface area (Å²) < 4.78 is 7.94. The second-order valence-electron chi connectivity index (χ2n) is 9.41. The SMILES string of the molecule is C/C(O)=C(/O)c1c(/C(O)=C/O)n(-c2ccccc2)c2c(O)c(O)c(-c3ccc4oc5cccc(Br)c5c4c3)c(O)c12. The van der Waals surface area contributed by atoms with Crippen LogP contribution < -0.4 is 0 Å². The number of hydrogen-bond donors (Lipinski definition) is 7. The highest BCUT2D eigenvalue weighted by Crippen LogP contribution is 2.54. The van der Waals surface area contributed by atoms with Gasteiger partial charge in [0.05, 0.1) is 16.5 Å². The van der Waals surface area contributed by atoms with Crippen LogP contribution in [0.3, 0.4) is 0 Å². The number of hydrogen-bond acceptors (Lipinski definition) is 8. The van der Waals surface area contributed by atoms with Crippen molar-refractivity contribution in [3.63, 3.8) is 0 Å². The molecule has 4 aromatic carbocycles. The Balaban J connectivity index is 1.80. The lowest BCUT2D eigenvalue weighted by molar-refractivity contribution is 0.382. The Kier molecular flexibility index (Phi) is 6.00. The van der Waals surface area contributed by atoms with Crippen LogP contribution in [0, 0.1) is 0 Å². The summed E-state index contributed by atoms with van der Waals surface area (Å²) in [7, 11) is 0. The van der Waals surface area contributed by atoms with Gasteiger partial charge in [-0.2, -0.15) is 0 Å². The Hall–Kier alpha value is -5.22. The van der Waals surface area contributed by atoms with E-state index in [9.17, 15) is 35.7 Å². The molecular formula is C31H22BrNO8. The van der Waals surface area contributed by atoms with E-state index in [4.69, 9.17) is 4.42 Å². The summed E-state index contributed by atoms with van der Waals surface area (Å²) in [5.74, 6) is -3.97. The Bertz CT molecular complexity index is 2080. The maximum atomic E-state index is 11.8. The fraction of sp³-hybridized carbons (Fsp3) is 0.0323. The smallest absolute Gasteiger partial charge is 0.183 e. The van der Waals surface area contributed by atoms with Gasteiger partial charge < -0.3 is 44.7 Å². The summed E-state index contributed by atoms with van der Waals surface area (Å²) in [6, 6.07) is 18.7. The summed E-state index contributed by atoms with van der Waals surface area (Å²) in [6.45, 7) is 1.19. The molecule has 6 rings (SSSR count). The third kappa shape index (κ3) is 3.75. The molecule has 0 aliphatic heterocycles. The zero-order chi connectivity index (χ0) is 29.2. The molecule has 0 saturated heterocycles. The van der Waals surface area contributed by atoms with E-state index in [-0.39, 0.29) is 27.7 Å². The first kappa shape index (κ1) is 26.0. The van der Waals surface area contributed by atoms with Crippen molar-refractivity contribution in [2.75, 3.05) is 0 Å². The number of aliphatic hydroxyl groups excluding tert-OH is 4. The van der Waals surface area contributed by atoms with Crippen LogP contribution in [0.15, 0.2) is 87.6 Å². The standard InChI is InChI=1S/C31H22BrNO8/c1-14(35)28(37)24-25-27(33(26(24)19(36)13-34)16-6-3-2-4-7-16)31(40)30(39)22(29(25)38)15-10-11-20-17(12-15)23-18(32)8-5-9-21(23)41-20/h2-13,34-40H,1H3/b19-13-,28-14-. The zero-order valence-corrected chi connectivity index (χ0v) is 22.9. The van der Waals surface area contributed by atoms with E-state index < -0.39 is 34.5 Å². The number of aromatic hydroxyl groups is 3. The highest BCUT2D eigenvalue weighted by molar-refractivity contribution is 9.10. The van der Waals surface area contributed by atoms with E-state index in [1.165, 1.54) is 11.5 Å². The van der Waals surface area contributed by atoms with Crippen molar-refractivity contribution in [3.05, 3.63) is 94.5 Å². The van der Waals surface area contributed by atoms with Crippen LogP contribution in [-0.2, 0) is 0 Å². The predicted molar refractivity (Wildman–Crippen MR) is 160 cm³/mol. The first-order valence-corrected chi connectivity index (χ1v) is 13.1. The van der Waals surface area contributed by atoms with Gasteiger partial charge in [0.1, 0.15) is 40.1 Å². The highest BCUT2D eigenvalue weighted by Gasteiger charge is 2.33. The number of furan rings is 1. The highest BCUT2D eigenvalue weighted by atomic mass is 79.9. The van der Waals surface area contributed by atoms with E-state index >= 15 is 0 Å². The molecule has 41 heavy (non-hydrogen) atoms. The van der Waals surface area contributed by atoms with Crippen molar-refractivity contribution >= 4 is 60.3 Å². The Morgan fingerprint density at radius 3 is 2.24 bits per heavy atom. The second kappa shape index (κ2) is 9.46. The number of rotatable bonds is 4. The lowest BCUT2D eigenvalue weighted by Gasteiger charge is -2.14. The minimum absolute atomic E-state index is 0.174. The van der Waals surface area contributed by atoms with E-state index in [0.717, 1.165) is 9.86 Å². The molecule has 0 unspecified atom stereocenters. The number of fused-ring (bicyclic) bond motifs is 4. The monoisotopic (exact) mass is 615 g/mol. The molecule has 9 nitrogen and oxygen atoms in total. The fourth-order valence-electron chi connectivity index (χ4n) is 5.26. The van der Waals surface area contributed by atoms with Crippen LogP contribution in [0.2, 0.25) is 0 Å². The molecule has 10 heteroatoms. The summed E-state index contributed by atoms with van der Waals surface area (Å²) in [6.07, 6.45) is 0.377. The Morgan fingerprint density at radius 1 is 0.829 bits per heavy atom. The molecule has 0 aliphatic carbocycles. The van der Waals surface area contributed by atoms with Gasteiger partial charge in [-0.3, -0.25) is 0 Å². The first-order valence-electron chi connectivity index (χ1n) is 12.3. The van der Waals surface area contributed by atoms with Crippen LogP contribution in [0.4, 0.5) is 0 Å². The van der Waals surface area contributed by atoms with E-state index in [0.29, 0.717) is 34.1 Å². The largest absolute Gasteiger partial charge is 0.512 e. The second-order valence-corrected chi connectivity index (χ2v) is 10.3. The average Bonchev–Trinajstić information content (AvgIpc) is 3.53. The Morgan fingerprint density at radius 2 is 1.56 bits per heavy atom. The third-order valence-electron chi connectivity index (χ3n) is 7.02. The van der Waals surface area contributed by atoms with Crippen LogP contribution in [0.1, 0.15) is 18.2 Å². The van der Waals surface area contributed by atoms with E-state index in [1.54, 1.807) is 54.6 Å². The van der Waals surface area contributed by atoms with Gasteiger partial charge in [-0.25, -0.2) is 0 Å². The number of aromatic nitrogens is 1. The van der Waals surface area contributed by atoms with Crippen LogP contribution in [0.5, 0.6) is 17.2 Å². The molecule has 0 atom stereocenters. The quantitative estimate of drug-likeness (QED) is 0.0592. The van der Waals surface area contributed by atoms with Crippen LogP contribution in [-0.4, -0.2) is 40.3 Å². The van der Waals surface area contributed by atoms with E-state index in [1.807, 2.05) is 12.1 Å². The normalized spacial score (nSPS) is 12.9. The topological polar surface area (TPSA) is 160 Å². The first-order chi connectivity index (χ1) is 19.6. The van der Waals surface area contributed by atoms with Crippen molar-refractivity contribution < 1.29 is 40.2 Å². The van der Waals surface area contributed by atoms with Gasteiger partial charge in [0.2, 0.25) is 0 Å². The van der Waals surface area contributed by atoms with Gasteiger partial charge in [0.25, 0.3) is 0 Å². The average molecular weight is 616 g/mol. The number of phenolic OH excluding ortho intramolecular Hbond substituents is 3. The molecule has 2 heterocycles. The molecule has 0 fully saturated rings. The van der Waals surface area contributed by atoms with Gasteiger partial charge in [0.15, 0.2) is 23.0 Å². The van der Waals surface area contributed by atoms with Gasteiger partial charge in [-0.05, 0) is 48.9 Å². The molecule has 206 valence electrons. The van der Waals surface area contributed by atoms with Crippen molar-refractivity contribution in [1.29, 1.82) is 0 Å². The van der Waals surface area contributed by atoms with Gasteiger partial charge in [0, 0.05) is 20.9 Å². The van der Waals surface area contributed by atoms with Gasteiger partial charge in [-0.15, -0.1) is 0 Å². The third-order valence-corrected chi connectivity index (χ3v) is 7.68. The van der Waals surface area contributed by atoms with Gasteiger partial charge >= 0.3 is 0 Å². The van der Waals surface area contributed by atoms with Gasteiger partial charge in [-0.1, -0.05) is 46.3 Å². The summed E-state index contributed by atoms with van der Waals surface area (Å²) in [5, 5.41) is 77.6. The van der Waals surface area contributed by atoms with Crippen LogP contribution >= 0.6 is 15.9 Å². The van der Waals surface area contributed by atoms with Crippen molar-refractivity contribution in [3.8, 4) is 34.1 Å².